The molecule has 0 radical (unpaired) electrons. The van der Waals surface area contributed by atoms with Gasteiger partial charge >= 0.3 is 0 Å². The first-order valence-electron chi connectivity index (χ1n) is 7.82. The van der Waals surface area contributed by atoms with Crippen LogP contribution < -0.4 is 5.32 Å². The van der Waals surface area contributed by atoms with Crippen LogP contribution in [0.15, 0.2) is 48.5 Å². The largest absolute Gasteiger partial charge is 0.296 e. The minimum atomic E-state index is -0.310. The molecule has 0 saturated heterocycles. The minimum Gasteiger partial charge on any atom is -0.296 e. The van der Waals surface area contributed by atoms with Crippen LogP contribution in [0.2, 0.25) is 0 Å². The van der Waals surface area contributed by atoms with Crippen LogP contribution in [0.1, 0.15) is 41.3 Å². The molecule has 0 unspecified atom stereocenters. The second kappa shape index (κ2) is 7.24. The number of nitrogens with zero attached hydrogens (tertiary/aromatic N) is 3. The van der Waals surface area contributed by atoms with Crippen LogP contribution >= 0.6 is 11.3 Å². The van der Waals surface area contributed by atoms with Gasteiger partial charge in [0.25, 0.3) is 5.91 Å². The van der Waals surface area contributed by atoms with Gasteiger partial charge in [-0.25, -0.2) is 0 Å². The summed E-state index contributed by atoms with van der Waals surface area (Å²) in [4.78, 5) is 12.3. The Bertz CT molecular complexity index is 939. The van der Waals surface area contributed by atoms with Gasteiger partial charge in [0.2, 0.25) is 5.13 Å². The van der Waals surface area contributed by atoms with E-state index in [1.54, 1.807) is 24.3 Å². The van der Waals surface area contributed by atoms with E-state index in [-0.39, 0.29) is 5.91 Å². The molecule has 124 valence electrons. The van der Waals surface area contributed by atoms with E-state index in [1.807, 2.05) is 18.2 Å². The molecule has 0 saturated carbocycles. The van der Waals surface area contributed by atoms with Crippen molar-refractivity contribution in [1.82, 2.24) is 10.2 Å². The first-order chi connectivity index (χ1) is 12.1. The van der Waals surface area contributed by atoms with E-state index in [1.165, 1.54) is 16.9 Å². The fourth-order valence-electron chi connectivity index (χ4n) is 2.30. The van der Waals surface area contributed by atoms with E-state index in [2.05, 4.69) is 41.5 Å². The van der Waals surface area contributed by atoms with E-state index in [0.717, 1.165) is 10.6 Å². The molecule has 0 atom stereocenters. The van der Waals surface area contributed by atoms with Gasteiger partial charge in [-0.1, -0.05) is 55.5 Å². The summed E-state index contributed by atoms with van der Waals surface area (Å²) < 4.78 is 0. The number of carbonyl (C=O) groups is 1. The molecule has 0 fully saturated rings. The van der Waals surface area contributed by atoms with E-state index in [9.17, 15) is 4.79 Å². The first kappa shape index (κ1) is 16.8. The Hall–Kier alpha value is -3.04. The third-order valence-electron chi connectivity index (χ3n) is 3.72. The average Bonchev–Trinajstić information content (AvgIpc) is 3.10. The molecule has 0 aliphatic rings. The highest BCUT2D eigenvalue weighted by Crippen LogP contribution is 2.28. The van der Waals surface area contributed by atoms with Crippen LogP contribution in [0.3, 0.4) is 0 Å². The lowest BCUT2D eigenvalue weighted by Crippen LogP contribution is -2.11. The average molecular weight is 348 g/mol. The smallest absolute Gasteiger partial charge is 0.257 e. The number of benzene rings is 2. The zero-order valence-corrected chi connectivity index (χ0v) is 14.7. The van der Waals surface area contributed by atoms with Gasteiger partial charge in [0, 0.05) is 11.1 Å². The van der Waals surface area contributed by atoms with Gasteiger partial charge in [0.05, 0.1) is 11.6 Å². The number of carbonyl (C=O) groups excluding carboxylic acids is 1. The molecule has 3 rings (SSSR count). The molecule has 0 aliphatic heterocycles. The molecular formula is C19H16N4OS. The van der Waals surface area contributed by atoms with Crippen molar-refractivity contribution in [2.75, 3.05) is 5.32 Å². The molecule has 0 aliphatic carbocycles. The highest BCUT2D eigenvalue weighted by molar-refractivity contribution is 7.18. The fourth-order valence-corrected chi connectivity index (χ4v) is 3.04. The van der Waals surface area contributed by atoms with Crippen LogP contribution in [-0.2, 0) is 0 Å². The fraction of sp³-hybridized carbons (Fsp3) is 0.158. The number of hydrogen-bond acceptors (Lipinski definition) is 5. The first-order valence-corrected chi connectivity index (χ1v) is 8.64. The summed E-state index contributed by atoms with van der Waals surface area (Å²) in [5.41, 5.74) is 3.08. The maximum atomic E-state index is 12.3. The van der Waals surface area contributed by atoms with Crippen LogP contribution in [-0.4, -0.2) is 16.1 Å². The molecule has 25 heavy (non-hydrogen) atoms. The number of nitrogens with one attached hydrogen (secondary N) is 1. The number of aromatic nitrogens is 2. The van der Waals surface area contributed by atoms with Gasteiger partial charge in [-0.3, -0.25) is 10.1 Å². The van der Waals surface area contributed by atoms with Crippen LogP contribution in [0.4, 0.5) is 5.13 Å². The van der Waals surface area contributed by atoms with Gasteiger partial charge in [-0.05, 0) is 29.7 Å². The number of anilines is 1. The van der Waals surface area contributed by atoms with Crippen molar-refractivity contribution in [3.63, 3.8) is 0 Å². The summed E-state index contributed by atoms with van der Waals surface area (Å²) in [5.74, 6) is 0.164. The zero-order chi connectivity index (χ0) is 17.8. The Morgan fingerprint density at radius 3 is 2.60 bits per heavy atom. The Morgan fingerprint density at radius 2 is 1.92 bits per heavy atom. The number of rotatable bonds is 4. The van der Waals surface area contributed by atoms with Crippen molar-refractivity contribution in [2.24, 2.45) is 0 Å². The second-order valence-electron chi connectivity index (χ2n) is 5.84. The van der Waals surface area contributed by atoms with Gasteiger partial charge < -0.3 is 0 Å². The Kier molecular flexibility index (Phi) is 4.87. The SMILES string of the molecule is CC(C)c1ccc(-c2nnc(NC(=O)c3cccc(C#N)c3)s2)cc1. The van der Waals surface area contributed by atoms with Crippen LogP contribution in [0.5, 0.6) is 0 Å². The third-order valence-corrected chi connectivity index (χ3v) is 4.61. The molecule has 3 aromatic rings. The van der Waals surface area contributed by atoms with Gasteiger partial charge in [0.1, 0.15) is 5.01 Å². The third kappa shape index (κ3) is 3.90. The summed E-state index contributed by atoms with van der Waals surface area (Å²) in [7, 11) is 0. The molecule has 0 spiro atoms. The molecular weight excluding hydrogens is 332 g/mol. The van der Waals surface area contributed by atoms with Crippen molar-refractivity contribution in [1.29, 1.82) is 5.26 Å². The monoisotopic (exact) mass is 348 g/mol. The Morgan fingerprint density at radius 1 is 1.16 bits per heavy atom. The molecule has 1 amide bonds. The minimum absolute atomic E-state index is 0.310. The maximum absolute atomic E-state index is 12.3. The predicted octanol–water partition coefficient (Wildman–Crippen LogP) is 4.45. The second-order valence-corrected chi connectivity index (χ2v) is 6.81. The maximum Gasteiger partial charge on any atom is 0.257 e. The topological polar surface area (TPSA) is 78.7 Å². The summed E-state index contributed by atoms with van der Waals surface area (Å²) in [6.45, 7) is 4.30. The molecule has 6 heteroatoms. The van der Waals surface area contributed by atoms with E-state index in [4.69, 9.17) is 5.26 Å². The van der Waals surface area contributed by atoms with E-state index in [0.29, 0.717) is 22.2 Å². The van der Waals surface area contributed by atoms with Gasteiger partial charge in [0.15, 0.2) is 0 Å². The number of hydrogen-bond donors (Lipinski definition) is 1. The Balaban J connectivity index is 1.75. The van der Waals surface area contributed by atoms with E-state index < -0.39 is 0 Å². The highest BCUT2D eigenvalue weighted by Gasteiger charge is 2.12. The molecule has 0 bridgehead atoms. The summed E-state index contributed by atoms with van der Waals surface area (Å²) in [6, 6.07) is 16.7. The normalized spacial score (nSPS) is 10.5. The summed E-state index contributed by atoms with van der Waals surface area (Å²) in [5, 5.41) is 21.0. The summed E-state index contributed by atoms with van der Waals surface area (Å²) >= 11 is 1.31. The van der Waals surface area contributed by atoms with E-state index >= 15 is 0 Å². The van der Waals surface area contributed by atoms with Gasteiger partial charge in [-0.15, -0.1) is 10.2 Å². The van der Waals surface area contributed by atoms with Crippen LogP contribution in [0, 0.1) is 11.3 Å². The molecule has 2 aromatic carbocycles. The lowest BCUT2D eigenvalue weighted by molar-refractivity contribution is 0.102. The van der Waals surface area contributed by atoms with Crippen molar-refractivity contribution in [3.8, 4) is 16.6 Å². The standard InChI is InChI=1S/C19H16N4OS/c1-12(2)14-6-8-15(9-7-14)18-22-23-19(25-18)21-17(24)16-5-3-4-13(10-16)11-20/h3-10,12H,1-2H3,(H,21,23,24). The number of amides is 1. The molecule has 1 N–H and O–H groups in total. The Labute approximate surface area is 150 Å². The lowest BCUT2D eigenvalue weighted by Gasteiger charge is -2.04. The summed E-state index contributed by atoms with van der Waals surface area (Å²) in [6.07, 6.45) is 0. The zero-order valence-electron chi connectivity index (χ0n) is 13.9. The molecule has 1 heterocycles. The molecule has 1 aromatic heterocycles. The molecule has 5 nitrogen and oxygen atoms in total. The van der Waals surface area contributed by atoms with Gasteiger partial charge in [-0.2, -0.15) is 5.26 Å². The lowest BCUT2D eigenvalue weighted by atomic mass is 10.0. The van der Waals surface area contributed by atoms with Crippen molar-refractivity contribution in [2.45, 2.75) is 19.8 Å². The van der Waals surface area contributed by atoms with Crippen LogP contribution in [0.25, 0.3) is 10.6 Å². The quantitative estimate of drug-likeness (QED) is 0.755. The number of nitriles is 1. The highest BCUT2D eigenvalue weighted by atomic mass is 32.1. The van der Waals surface area contributed by atoms with Crippen molar-refractivity contribution < 1.29 is 4.79 Å². The predicted molar refractivity (Wildman–Crippen MR) is 98.5 cm³/mol. The van der Waals surface area contributed by atoms with Crippen molar-refractivity contribution >= 4 is 22.4 Å². The van der Waals surface area contributed by atoms with Crippen molar-refractivity contribution in [3.05, 3.63) is 65.2 Å².